The Morgan fingerprint density at radius 3 is 2.47 bits per heavy atom. The van der Waals surface area contributed by atoms with Crippen molar-refractivity contribution in [1.82, 2.24) is 15.3 Å². The monoisotopic (exact) mass is 240 g/mol. The van der Waals surface area contributed by atoms with Gasteiger partial charge in [-0.15, -0.1) is 0 Å². The van der Waals surface area contributed by atoms with Gasteiger partial charge in [0.25, 0.3) is 0 Å². The van der Waals surface area contributed by atoms with E-state index in [0.29, 0.717) is 0 Å². The van der Waals surface area contributed by atoms with Gasteiger partial charge in [0.05, 0.1) is 6.33 Å². The number of nitrogens with zero attached hydrogens (tertiary/aromatic N) is 1. The lowest BCUT2D eigenvalue weighted by molar-refractivity contribution is 0.325. The molecule has 0 unspecified atom stereocenters. The highest BCUT2D eigenvalue weighted by molar-refractivity contribution is 4.94. The highest BCUT2D eigenvalue weighted by atomic mass is 14.9. The van der Waals surface area contributed by atoms with Gasteiger partial charge in [0.15, 0.2) is 0 Å². The molecule has 0 spiro atoms. The summed E-state index contributed by atoms with van der Waals surface area (Å²) in [5.41, 5.74) is 6.52. The van der Waals surface area contributed by atoms with Crippen molar-refractivity contribution in [1.29, 1.82) is 0 Å². The molecule has 1 saturated carbocycles. The standard InChI is InChI=1S/C6H11N3.C5H11N.C2H6/c1-7-3-2-6-4-8-5-9-6;6-4-5-2-1-3-5;1-2/h4-5,7H,2-3H2,1H3,(H,8,9);5H,1-4,6H2;1-2H3. The molecule has 0 amide bonds. The Morgan fingerprint density at radius 2 is 2.18 bits per heavy atom. The molecule has 0 aromatic carbocycles. The Kier molecular flexibility index (Phi) is 11.0. The summed E-state index contributed by atoms with van der Waals surface area (Å²) in [7, 11) is 1.94. The van der Waals surface area contributed by atoms with E-state index in [0.717, 1.165) is 25.4 Å². The second-order valence-corrected chi connectivity index (χ2v) is 3.96. The fourth-order valence-electron chi connectivity index (χ4n) is 1.41. The molecule has 1 fully saturated rings. The first-order chi connectivity index (χ1) is 8.36. The maximum absolute atomic E-state index is 5.33. The van der Waals surface area contributed by atoms with E-state index in [2.05, 4.69) is 15.3 Å². The zero-order valence-corrected chi connectivity index (χ0v) is 11.5. The van der Waals surface area contributed by atoms with Crippen molar-refractivity contribution in [2.75, 3.05) is 20.1 Å². The molecule has 1 aromatic heterocycles. The lowest BCUT2D eigenvalue weighted by Gasteiger charge is -2.22. The van der Waals surface area contributed by atoms with Gasteiger partial charge in [0.1, 0.15) is 0 Å². The van der Waals surface area contributed by atoms with Crippen LogP contribution in [0.25, 0.3) is 0 Å². The predicted octanol–water partition coefficient (Wildman–Crippen LogP) is 1.94. The Morgan fingerprint density at radius 1 is 1.47 bits per heavy atom. The van der Waals surface area contributed by atoms with Crippen LogP contribution >= 0.6 is 0 Å². The Hall–Kier alpha value is -0.870. The van der Waals surface area contributed by atoms with Crippen molar-refractivity contribution in [2.24, 2.45) is 11.7 Å². The molecule has 0 radical (unpaired) electrons. The molecule has 4 heteroatoms. The topological polar surface area (TPSA) is 66.7 Å². The molecule has 17 heavy (non-hydrogen) atoms. The van der Waals surface area contributed by atoms with Gasteiger partial charge in [-0.05, 0) is 32.4 Å². The number of likely N-dealkylation sites (N-methyl/N-ethyl adjacent to an activating group) is 1. The van der Waals surface area contributed by atoms with Crippen LogP contribution in [0.5, 0.6) is 0 Å². The molecule has 0 bridgehead atoms. The Bertz CT molecular complexity index is 227. The normalized spacial score (nSPS) is 13.9. The second-order valence-electron chi connectivity index (χ2n) is 3.96. The maximum atomic E-state index is 5.33. The van der Waals surface area contributed by atoms with Crippen LogP contribution in [0.4, 0.5) is 0 Å². The summed E-state index contributed by atoms with van der Waals surface area (Å²) >= 11 is 0. The van der Waals surface area contributed by atoms with Crippen molar-refractivity contribution >= 4 is 0 Å². The molecule has 1 aromatic rings. The highest BCUT2D eigenvalue weighted by Crippen LogP contribution is 2.24. The van der Waals surface area contributed by atoms with Crippen LogP contribution in [-0.2, 0) is 6.42 Å². The average molecular weight is 240 g/mol. The van der Waals surface area contributed by atoms with E-state index in [4.69, 9.17) is 5.73 Å². The van der Waals surface area contributed by atoms with Gasteiger partial charge < -0.3 is 16.0 Å². The quantitative estimate of drug-likeness (QED) is 0.753. The molecule has 1 aliphatic carbocycles. The minimum absolute atomic E-state index is 0.894. The minimum atomic E-state index is 0.894. The van der Waals surface area contributed by atoms with Gasteiger partial charge in [0, 0.05) is 24.9 Å². The first-order valence-corrected chi connectivity index (χ1v) is 6.68. The molecule has 0 aliphatic heterocycles. The van der Waals surface area contributed by atoms with E-state index in [-0.39, 0.29) is 0 Å². The number of hydrogen-bond donors (Lipinski definition) is 3. The molecule has 0 saturated heterocycles. The molecule has 0 atom stereocenters. The minimum Gasteiger partial charge on any atom is -0.348 e. The number of hydrogen-bond acceptors (Lipinski definition) is 3. The van der Waals surface area contributed by atoms with Crippen LogP contribution in [0, 0.1) is 5.92 Å². The van der Waals surface area contributed by atoms with Crippen LogP contribution in [0.1, 0.15) is 38.8 Å². The second kappa shape index (κ2) is 11.6. The summed E-state index contributed by atoms with van der Waals surface area (Å²) in [6, 6.07) is 0. The van der Waals surface area contributed by atoms with Crippen LogP contribution in [0.15, 0.2) is 12.5 Å². The number of aromatic amines is 1. The third-order valence-electron chi connectivity index (χ3n) is 2.76. The van der Waals surface area contributed by atoms with E-state index in [1.54, 1.807) is 6.33 Å². The third kappa shape index (κ3) is 7.94. The molecule has 1 heterocycles. The molecular weight excluding hydrogens is 212 g/mol. The Labute approximate surface area is 105 Å². The number of rotatable bonds is 4. The lowest BCUT2D eigenvalue weighted by atomic mass is 9.86. The van der Waals surface area contributed by atoms with Crippen molar-refractivity contribution in [3.8, 4) is 0 Å². The smallest absolute Gasteiger partial charge is 0.0921 e. The summed E-state index contributed by atoms with van der Waals surface area (Å²) in [6.07, 6.45) is 8.76. The zero-order valence-electron chi connectivity index (χ0n) is 11.5. The third-order valence-corrected chi connectivity index (χ3v) is 2.76. The molecule has 100 valence electrons. The van der Waals surface area contributed by atoms with Gasteiger partial charge in [-0.3, -0.25) is 0 Å². The number of H-pyrrole nitrogens is 1. The SMILES string of the molecule is CC.CNCCc1cnc[nH]1.NCC1CCC1. The summed E-state index contributed by atoms with van der Waals surface area (Å²) in [5.74, 6) is 0.894. The van der Waals surface area contributed by atoms with Crippen LogP contribution < -0.4 is 11.1 Å². The molecule has 4 nitrogen and oxygen atoms in total. The van der Waals surface area contributed by atoms with Crippen LogP contribution in [0.3, 0.4) is 0 Å². The van der Waals surface area contributed by atoms with E-state index < -0.39 is 0 Å². The highest BCUT2D eigenvalue weighted by Gasteiger charge is 2.13. The van der Waals surface area contributed by atoms with Crippen molar-refractivity contribution < 1.29 is 0 Å². The molecule has 4 N–H and O–H groups in total. The summed E-state index contributed by atoms with van der Waals surface area (Å²) in [4.78, 5) is 6.91. The molecule has 1 aliphatic rings. The van der Waals surface area contributed by atoms with Crippen molar-refractivity contribution in [2.45, 2.75) is 39.5 Å². The number of imidazole rings is 1. The number of nitrogens with one attached hydrogen (secondary N) is 2. The molecular formula is C13H28N4. The maximum Gasteiger partial charge on any atom is 0.0921 e. The van der Waals surface area contributed by atoms with Gasteiger partial charge in [-0.2, -0.15) is 0 Å². The van der Waals surface area contributed by atoms with Gasteiger partial charge in [0.2, 0.25) is 0 Å². The fraction of sp³-hybridized carbons (Fsp3) is 0.769. The lowest BCUT2D eigenvalue weighted by Crippen LogP contribution is -2.20. The zero-order chi connectivity index (χ0) is 12.9. The summed E-state index contributed by atoms with van der Waals surface area (Å²) < 4.78 is 0. The van der Waals surface area contributed by atoms with Crippen molar-refractivity contribution in [3.05, 3.63) is 18.2 Å². The number of nitrogens with two attached hydrogens (primary N) is 1. The van der Waals surface area contributed by atoms with E-state index in [1.165, 1.54) is 25.0 Å². The van der Waals surface area contributed by atoms with Gasteiger partial charge >= 0.3 is 0 Å². The molecule has 2 rings (SSSR count). The van der Waals surface area contributed by atoms with Gasteiger partial charge in [-0.1, -0.05) is 20.3 Å². The first-order valence-electron chi connectivity index (χ1n) is 6.68. The summed E-state index contributed by atoms with van der Waals surface area (Å²) in [6.45, 7) is 5.92. The number of aromatic nitrogens is 2. The van der Waals surface area contributed by atoms with E-state index in [1.807, 2.05) is 27.1 Å². The van der Waals surface area contributed by atoms with Gasteiger partial charge in [-0.25, -0.2) is 4.98 Å². The summed E-state index contributed by atoms with van der Waals surface area (Å²) in [5, 5.41) is 3.06. The van der Waals surface area contributed by atoms with Crippen LogP contribution in [0.2, 0.25) is 0 Å². The predicted molar refractivity (Wildman–Crippen MR) is 74.0 cm³/mol. The largest absolute Gasteiger partial charge is 0.348 e. The van der Waals surface area contributed by atoms with Crippen molar-refractivity contribution in [3.63, 3.8) is 0 Å². The average Bonchev–Trinajstić information content (AvgIpc) is 2.81. The van der Waals surface area contributed by atoms with E-state index in [9.17, 15) is 0 Å². The first kappa shape index (κ1) is 16.1. The van der Waals surface area contributed by atoms with E-state index >= 15 is 0 Å². The fourth-order valence-corrected chi connectivity index (χ4v) is 1.41. The van der Waals surface area contributed by atoms with Crippen LogP contribution in [-0.4, -0.2) is 30.1 Å². The Balaban J connectivity index is 0.000000278.